The lowest BCUT2D eigenvalue weighted by molar-refractivity contribution is 0.660. The third-order valence-corrected chi connectivity index (χ3v) is 11.1. The molecule has 0 spiro atoms. The smallest absolute Gasteiger partial charge is 0.137 e. The molecule has 218 valence electrons. The number of nitrogens with zero attached hydrogens (tertiary/aromatic N) is 1. The molecule has 0 amide bonds. The van der Waals surface area contributed by atoms with Crippen molar-refractivity contribution < 1.29 is 4.42 Å². The quantitative estimate of drug-likeness (QED) is 0.199. The zero-order chi connectivity index (χ0) is 30.6. The van der Waals surface area contributed by atoms with E-state index in [1.165, 1.54) is 58.9 Å². The summed E-state index contributed by atoms with van der Waals surface area (Å²) in [5.74, 6) is 0. The summed E-state index contributed by atoms with van der Waals surface area (Å²) in [6.45, 7) is 4.69. The molecule has 0 unspecified atom stereocenters. The Morgan fingerprint density at radius 3 is 2.09 bits per heavy atom. The molecule has 2 nitrogen and oxygen atoms in total. The van der Waals surface area contributed by atoms with Crippen molar-refractivity contribution in [3.05, 3.63) is 151 Å². The molecule has 0 bridgehead atoms. The van der Waals surface area contributed by atoms with Crippen LogP contribution >= 0.6 is 11.3 Å². The molecule has 0 saturated heterocycles. The van der Waals surface area contributed by atoms with Gasteiger partial charge in [-0.15, -0.1) is 11.3 Å². The summed E-state index contributed by atoms with van der Waals surface area (Å²) in [6, 6.07) is 51.0. The highest BCUT2D eigenvalue weighted by molar-refractivity contribution is 7.25. The summed E-state index contributed by atoms with van der Waals surface area (Å²) < 4.78 is 9.02. The highest BCUT2D eigenvalue weighted by Crippen LogP contribution is 2.54. The molecule has 0 fully saturated rings. The van der Waals surface area contributed by atoms with Crippen molar-refractivity contribution in [2.75, 3.05) is 4.90 Å². The number of para-hydroxylation sites is 1. The van der Waals surface area contributed by atoms with Crippen LogP contribution in [0, 0.1) is 0 Å². The molecule has 0 atom stereocenters. The third kappa shape index (κ3) is 3.58. The van der Waals surface area contributed by atoms with Crippen molar-refractivity contribution in [3.8, 4) is 11.1 Å². The van der Waals surface area contributed by atoms with Crippen LogP contribution in [0.5, 0.6) is 0 Å². The first-order valence-electron chi connectivity index (χ1n) is 15.8. The van der Waals surface area contributed by atoms with Gasteiger partial charge < -0.3 is 9.32 Å². The fraction of sp³-hybridized carbons (Fsp3) is 0.0698. The average molecular weight is 608 g/mol. The molecule has 2 heterocycles. The van der Waals surface area contributed by atoms with Crippen LogP contribution in [0.1, 0.15) is 25.0 Å². The molecule has 46 heavy (non-hydrogen) atoms. The highest BCUT2D eigenvalue weighted by atomic mass is 32.1. The van der Waals surface area contributed by atoms with Gasteiger partial charge in [-0.1, -0.05) is 98.8 Å². The Balaban J connectivity index is 1.24. The minimum Gasteiger partial charge on any atom is -0.456 e. The summed E-state index contributed by atoms with van der Waals surface area (Å²) >= 11 is 1.87. The minimum atomic E-state index is -0.0896. The maximum Gasteiger partial charge on any atom is 0.137 e. The van der Waals surface area contributed by atoms with Gasteiger partial charge in [0.15, 0.2) is 0 Å². The lowest BCUT2D eigenvalue weighted by atomic mass is 9.82. The fourth-order valence-electron chi connectivity index (χ4n) is 7.79. The molecular formula is C43H29NOS. The van der Waals surface area contributed by atoms with Crippen LogP contribution in [0.25, 0.3) is 64.0 Å². The van der Waals surface area contributed by atoms with E-state index in [0.717, 1.165) is 33.3 Å². The van der Waals surface area contributed by atoms with E-state index < -0.39 is 0 Å². The maximum absolute atomic E-state index is 6.42. The van der Waals surface area contributed by atoms with E-state index in [2.05, 4.69) is 152 Å². The normalized spacial score (nSPS) is 13.6. The molecule has 2 aromatic heterocycles. The molecule has 0 radical (unpaired) electrons. The molecule has 0 N–H and O–H groups in total. The van der Waals surface area contributed by atoms with Gasteiger partial charge in [0.25, 0.3) is 0 Å². The highest BCUT2D eigenvalue weighted by Gasteiger charge is 2.37. The average Bonchev–Trinajstić information content (AvgIpc) is 3.71. The number of furan rings is 1. The Morgan fingerprint density at radius 1 is 0.522 bits per heavy atom. The molecule has 0 aliphatic heterocycles. The second-order valence-electron chi connectivity index (χ2n) is 13.0. The monoisotopic (exact) mass is 607 g/mol. The van der Waals surface area contributed by atoms with Crippen molar-refractivity contribution in [1.82, 2.24) is 0 Å². The fourth-order valence-corrected chi connectivity index (χ4v) is 8.96. The van der Waals surface area contributed by atoms with E-state index in [1.807, 2.05) is 17.4 Å². The van der Waals surface area contributed by atoms with E-state index >= 15 is 0 Å². The van der Waals surface area contributed by atoms with E-state index in [1.54, 1.807) is 0 Å². The van der Waals surface area contributed by atoms with Crippen LogP contribution in [-0.4, -0.2) is 0 Å². The van der Waals surface area contributed by atoms with Crippen molar-refractivity contribution >= 4 is 81.3 Å². The van der Waals surface area contributed by atoms with Gasteiger partial charge in [0, 0.05) is 59.4 Å². The van der Waals surface area contributed by atoms with Gasteiger partial charge in [-0.05, 0) is 76.0 Å². The predicted octanol–water partition coefficient (Wildman–Crippen LogP) is 12.9. The summed E-state index contributed by atoms with van der Waals surface area (Å²) in [7, 11) is 0. The second-order valence-corrected chi connectivity index (χ2v) is 14.0. The van der Waals surface area contributed by atoms with Crippen LogP contribution in [0.4, 0.5) is 17.1 Å². The Kier molecular flexibility index (Phi) is 5.25. The SMILES string of the molecule is CC1(C)c2ccccc2-c2c(N(c3ccc4c(c3)oc3ccccc34)c3ccc4c(c3)sc3cc5ccccc5cc34)cccc21. The Hall–Kier alpha value is -5.38. The third-order valence-electron chi connectivity index (χ3n) is 10.0. The zero-order valence-electron chi connectivity index (χ0n) is 25.5. The number of hydrogen-bond acceptors (Lipinski definition) is 3. The molecule has 3 heteroatoms. The number of hydrogen-bond donors (Lipinski definition) is 0. The molecule has 10 rings (SSSR count). The van der Waals surface area contributed by atoms with Crippen molar-refractivity contribution in [2.24, 2.45) is 0 Å². The number of thiophene rings is 1. The van der Waals surface area contributed by atoms with Gasteiger partial charge in [0.2, 0.25) is 0 Å². The standard InChI is InChI=1S/C43H29NOS/c1-43(2)35-14-7-5-13-33(35)42-36(43)15-9-16-37(42)44(28-18-20-31-30-12-6-8-17-38(30)45-39(31)24-28)29-19-21-32-34-22-26-10-3-4-11-27(26)23-40(34)46-41(32)25-29/h3-25H,1-2H3. The van der Waals surface area contributed by atoms with Crippen LogP contribution in [-0.2, 0) is 5.41 Å². The number of anilines is 3. The molecule has 1 aliphatic rings. The lowest BCUT2D eigenvalue weighted by Gasteiger charge is -2.29. The predicted molar refractivity (Wildman–Crippen MR) is 196 cm³/mol. The molecular weight excluding hydrogens is 579 g/mol. The maximum atomic E-state index is 6.42. The van der Waals surface area contributed by atoms with E-state index in [9.17, 15) is 0 Å². The molecule has 0 saturated carbocycles. The van der Waals surface area contributed by atoms with Crippen molar-refractivity contribution in [3.63, 3.8) is 0 Å². The van der Waals surface area contributed by atoms with Crippen LogP contribution < -0.4 is 4.90 Å². The van der Waals surface area contributed by atoms with Crippen LogP contribution in [0.3, 0.4) is 0 Å². The first-order chi connectivity index (χ1) is 22.5. The Bertz CT molecular complexity index is 2690. The van der Waals surface area contributed by atoms with Crippen molar-refractivity contribution in [2.45, 2.75) is 19.3 Å². The first-order valence-corrected chi connectivity index (χ1v) is 16.7. The minimum absolute atomic E-state index is 0.0896. The van der Waals surface area contributed by atoms with Gasteiger partial charge in [0.05, 0.1) is 5.69 Å². The van der Waals surface area contributed by atoms with E-state index in [-0.39, 0.29) is 5.41 Å². The van der Waals surface area contributed by atoms with Gasteiger partial charge >= 0.3 is 0 Å². The Labute approximate surface area is 270 Å². The largest absolute Gasteiger partial charge is 0.456 e. The van der Waals surface area contributed by atoms with Gasteiger partial charge in [-0.3, -0.25) is 0 Å². The van der Waals surface area contributed by atoms with Gasteiger partial charge in [0.1, 0.15) is 11.2 Å². The van der Waals surface area contributed by atoms with Crippen LogP contribution in [0.15, 0.2) is 144 Å². The van der Waals surface area contributed by atoms with Crippen molar-refractivity contribution in [1.29, 1.82) is 0 Å². The number of benzene rings is 7. The molecule has 9 aromatic rings. The van der Waals surface area contributed by atoms with Crippen LogP contribution in [0.2, 0.25) is 0 Å². The topological polar surface area (TPSA) is 16.4 Å². The Morgan fingerprint density at radius 2 is 1.20 bits per heavy atom. The summed E-state index contributed by atoms with van der Waals surface area (Å²) in [4.78, 5) is 2.43. The zero-order valence-corrected chi connectivity index (χ0v) is 26.4. The number of rotatable bonds is 3. The lowest BCUT2D eigenvalue weighted by Crippen LogP contribution is -2.16. The molecule has 7 aromatic carbocycles. The van der Waals surface area contributed by atoms with Gasteiger partial charge in [-0.2, -0.15) is 0 Å². The first kappa shape index (κ1) is 25.9. The number of fused-ring (bicyclic) bond motifs is 10. The van der Waals surface area contributed by atoms with E-state index in [4.69, 9.17) is 4.42 Å². The van der Waals surface area contributed by atoms with E-state index in [0.29, 0.717) is 0 Å². The second kappa shape index (κ2) is 9.32. The summed E-state index contributed by atoms with van der Waals surface area (Å²) in [5, 5.41) is 7.45. The molecule has 1 aliphatic carbocycles. The summed E-state index contributed by atoms with van der Waals surface area (Å²) in [5.41, 5.74) is 10.4. The van der Waals surface area contributed by atoms with Gasteiger partial charge in [-0.25, -0.2) is 0 Å². The summed E-state index contributed by atoms with van der Waals surface area (Å²) in [6.07, 6.45) is 0.